The summed E-state index contributed by atoms with van der Waals surface area (Å²) in [6.07, 6.45) is 0. The molecule has 0 bridgehead atoms. The van der Waals surface area contributed by atoms with Gasteiger partial charge in [0.2, 0.25) is 5.91 Å². The average Bonchev–Trinajstić information content (AvgIpc) is 2.78. The number of hydrogen-bond acceptors (Lipinski definition) is 5. The van der Waals surface area contributed by atoms with Crippen molar-refractivity contribution < 1.29 is 9.53 Å². The summed E-state index contributed by atoms with van der Waals surface area (Å²) in [7, 11) is 0. The fourth-order valence-corrected chi connectivity index (χ4v) is 2.69. The van der Waals surface area contributed by atoms with Gasteiger partial charge in [0, 0.05) is 0 Å². The first-order valence-corrected chi connectivity index (χ1v) is 7.72. The van der Waals surface area contributed by atoms with Crippen LogP contribution in [0.1, 0.15) is 27.7 Å². The molecule has 2 aromatic rings. The zero-order valence-corrected chi connectivity index (χ0v) is 13.6. The Morgan fingerprint density at radius 1 is 1.48 bits per heavy atom. The minimum Gasteiger partial charge on any atom is -0.494 e. The van der Waals surface area contributed by atoms with Gasteiger partial charge in [-0.1, -0.05) is 32.1 Å². The van der Waals surface area contributed by atoms with Crippen molar-refractivity contribution in [1.82, 2.24) is 4.98 Å². The lowest BCUT2D eigenvalue weighted by Gasteiger charge is -2.25. The van der Waals surface area contributed by atoms with Crippen LogP contribution in [0.5, 0.6) is 5.75 Å². The number of carbonyl (C=O) groups is 1. The number of rotatable bonds is 4. The molecule has 0 unspecified atom stereocenters. The van der Waals surface area contributed by atoms with Crippen molar-refractivity contribution in [3.05, 3.63) is 18.2 Å². The summed E-state index contributed by atoms with van der Waals surface area (Å²) < 4.78 is 6.43. The number of nitrogens with two attached hydrogens (primary N) is 1. The monoisotopic (exact) mass is 307 g/mol. The number of aromatic nitrogens is 1. The third kappa shape index (κ3) is 3.71. The van der Waals surface area contributed by atoms with Crippen LogP contribution in [0.3, 0.4) is 0 Å². The molecule has 0 aliphatic carbocycles. The molecule has 0 aliphatic rings. The molecule has 0 radical (unpaired) electrons. The summed E-state index contributed by atoms with van der Waals surface area (Å²) in [6, 6.07) is 5.10. The van der Waals surface area contributed by atoms with Crippen molar-refractivity contribution in [2.24, 2.45) is 11.1 Å². The predicted molar refractivity (Wildman–Crippen MR) is 86.8 cm³/mol. The predicted octanol–water partition coefficient (Wildman–Crippen LogP) is 3.01. The molecular formula is C15H21N3O2S. The molecule has 1 aromatic carbocycles. The van der Waals surface area contributed by atoms with Gasteiger partial charge in [-0.15, -0.1) is 0 Å². The van der Waals surface area contributed by atoms with E-state index in [0.29, 0.717) is 11.7 Å². The van der Waals surface area contributed by atoms with Crippen LogP contribution in [0.2, 0.25) is 0 Å². The summed E-state index contributed by atoms with van der Waals surface area (Å²) in [5.41, 5.74) is 6.49. The summed E-state index contributed by atoms with van der Waals surface area (Å²) in [4.78, 5) is 16.5. The first-order valence-electron chi connectivity index (χ1n) is 6.91. The van der Waals surface area contributed by atoms with Crippen LogP contribution >= 0.6 is 11.3 Å². The number of nitrogens with zero attached hydrogens (tertiary/aromatic N) is 1. The van der Waals surface area contributed by atoms with Gasteiger partial charge in [0.1, 0.15) is 5.75 Å². The second-order valence-electron chi connectivity index (χ2n) is 5.91. The Kier molecular flexibility index (Phi) is 4.49. The molecular weight excluding hydrogens is 286 g/mol. The Balaban J connectivity index is 2.18. The second kappa shape index (κ2) is 5.99. The van der Waals surface area contributed by atoms with Crippen molar-refractivity contribution in [1.29, 1.82) is 0 Å². The van der Waals surface area contributed by atoms with Gasteiger partial charge in [0.15, 0.2) is 5.13 Å². The molecule has 0 aliphatic heterocycles. The Labute approximate surface area is 128 Å². The van der Waals surface area contributed by atoms with E-state index in [1.54, 1.807) is 0 Å². The number of nitrogens with one attached hydrogen (secondary N) is 1. The van der Waals surface area contributed by atoms with E-state index >= 15 is 0 Å². The maximum Gasteiger partial charge on any atom is 0.243 e. The first kappa shape index (κ1) is 15.7. The number of benzene rings is 1. The number of hydrogen-bond donors (Lipinski definition) is 2. The molecule has 0 saturated heterocycles. The molecule has 1 aromatic heterocycles. The van der Waals surface area contributed by atoms with E-state index in [4.69, 9.17) is 10.5 Å². The molecule has 1 atom stereocenters. The summed E-state index contributed by atoms with van der Waals surface area (Å²) in [5.74, 6) is 0.588. The van der Waals surface area contributed by atoms with Gasteiger partial charge in [-0.3, -0.25) is 4.79 Å². The minimum absolute atomic E-state index is 0.216. The van der Waals surface area contributed by atoms with E-state index in [0.717, 1.165) is 16.0 Å². The Hall–Kier alpha value is -1.66. The highest BCUT2D eigenvalue weighted by atomic mass is 32.1. The van der Waals surface area contributed by atoms with Crippen LogP contribution in [0.15, 0.2) is 18.2 Å². The van der Waals surface area contributed by atoms with Crippen LogP contribution in [0.4, 0.5) is 5.13 Å². The molecule has 0 fully saturated rings. The SMILES string of the molecule is CCOc1ccc2nc(NC(=O)[C@H](N)C(C)(C)C)sc2c1. The Morgan fingerprint density at radius 2 is 2.19 bits per heavy atom. The van der Waals surface area contributed by atoms with Crippen molar-refractivity contribution in [2.45, 2.75) is 33.7 Å². The maximum absolute atomic E-state index is 12.1. The highest BCUT2D eigenvalue weighted by molar-refractivity contribution is 7.22. The quantitative estimate of drug-likeness (QED) is 0.910. The summed E-state index contributed by atoms with van der Waals surface area (Å²) in [5, 5.41) is 3.35. The van der Waals surface area contributed by atoms with E-state index in [-0.39, 0.29) is 11.3 Å². The highest BCUT2D eigenvalue weighted by Gasteiger charge is 2.28. The van der Waals surface area contributed by atoms with E-state index < -0.39 is 6.04 Å². The van der Waals surface area contributed by atoms with Gasteiger partial charge in [-0.05, 0) is 30.5 Å². The fraction of sp³-hybridized carbons (Fsp3) is 0.467. The molecule has 114 valence electrons. The Bertz CT molecular complexity index is 646. The van der Waals surface area contributed by atoms with Gasteiger partial charge in [0.05, 0.1) is 22.9 Å². The van der Waals surface area contributed by atoms with E-state index in [9.17, 15) is 4.79 Å². The molecule has 3 N–H and O–H groups in total. The lowest BCUT2D eigenvalue weighted by molar-refractivity contribution is -0.119. The standard InChI is InChI=1S/C15H21N3O2S/c1-5-20-9-6-7-10-11(8-9)21-14(17-10)18-13(19)12(16)15(2,3)4/h6-8,12H,5,16H2,1-4H3,(H,17,18,19)/t12-/m0/s1. The second-order valence-corrected chi connectivity index (χ2v) is 6.95. The lowest BCUT2D eigenvalue weighted by atomic mass is 9.87. The highest BCUT2D eigenvalue weighted by Crippen LogP contribution is 2.29. The Morgan fingerprint density at radius 3 is 2.81 bits per heavy atom. The first-order chi connectivity index (χ1) is 9.81. The molecule has 0 spiro atoms. The van der Waals surface area contributed by atoms with Gasteiger partial charge >= 0.3 is 0 Å². The van der Waals surface area contributed by atoms with Crippen LogP contribution < -0.4 is 15.8 Å². The van der Waals surface area contributed by atoms with Crippen LogP contribution in [-0.2, 0) is 4.79 Å². The fourth-order valence-electron chi connectivity index (χ4n) is 1.79. The van der Waals surface area contributed by atoms with Crippen molar-refractivity contribution >= 4 is 32.6 Å². The maximum atomic E-state index is 12.1. The zero-order valence-electron chi connectivity index (χ0n) is 12.8. The van der Waals surface area contributed by atoms with E-state index in [1.807, 2.05) is 45.9 Å². The van der Waals surface area contributed by atoms with Crippen LogP contribution in [0.25, 0.3) is 10.2 Å². The van der Waals surface area contributed by atoms with E-state index in [2.05, 4.69) is 10.3 Å². The number of fused-ring (bicyclic) bond motifs is 1. The third-order valence-electron chi connectivity index (χ3n) is 3.12. The van der Waals surface area contributed by atoms with Gasteiger partial charge in [0.25, 0.3) is 0 Å². The van der Waals surface area contributed by atoms with E-state index in [1.165, 1.54) is 11.3 Å². The molecule has 1 heterocycles. The lowest BCUT2D eigenvalue weighted by Crippen LogP contribution is -2.45. The third-order valence-corrected chi connectivity index (χ3v) is 4.05. The van der Waals surface area contributed by atoms with Crippen LogP contribution in [-0.4, -0.2) is 23.5 Å². The number of anilines is 1. The van der Waals surface area contributed by atoms with Crippen molar-refractivity contribution in [3.8, 4) is 5.75 Å². The normalized spacial score (nSPS) is 13.2. The topological polar surface area (TPSA) is 77.2 Å². The zero-order chi connectivity index (χ0) is 15.6. The number of amides is 1. The molecule has 5 nitrogen and oxygen atoms in total. The van der Waals surface area contributed by atoms with Gasteiger partial charge in [-0.25, -0.2) is 4.98 Å². The number of carbonyl (C=O) groups excluding carboxylic acids is 1. The van der Waals surface area contributed by atoms with Gasteiger partial charge in [-0.2, -0.15) is 0 Å². The summed E-state index contributed by atoms with van der Waals surface area (Å²) in [6.45, 7) is 8.36. The minimum atomic E-state index is -0.580. The average molecular weight is 307 g/mol. The summed E-state index contributed by atoms with van der Waals surface area (Å²) >= 11 is 1.42. The van der Waals surface area contributed by atoms with Crippen molar-refractivity contribution in [2.75, 3.05) is 11.9 Å². The molecule has 0 saturated carbocycles. The molecule has 6 heteroatoms. The number of thiazole rings is 1. The largest absolute Gasteiger partial charge is 0.494 e. The number of ether oxygens (including phenoxy) is 1. The van der Waals surface area contributed by atoms with Gasteiger partial charge < -0.3 is 15.8 Å². The molecule has 1 amide bonds. The van der Waals surface area contributed by atoms with Crippen molar-refractivity contribution in [3.63, 3.8) is 0 Å². The van der Waals surface area contributed by atoms with Crippen LogP contribution in [0, 0.1) is 5.41 Å². The molecule has 21 heavy (non-hydrogen) atoms. The molecule has 2 rings (SSSR count). The smallest absolute Gasteiger partial charge is 0.243 e.